The molecule has 138 valence electrons. The Labute approximate surface area is 151 Å². The maximum atomic E-state index is 11.7. The van der Waals surface area contributed by atoms with Crippen LogP contribution in [0.25, 0.3) is 0 Å². The fraction of sp³-hybridized carbons (Fsp3) is 0.214. The van der Waals surface area contributed by atoms with E-state index in [4.69, 9.17) is 16.3 Å². The molecule has 0 aliphatic rings. The fourth-order valence-electron chi connectivity index (χ4n) is 1.82. The summed E-state index contributed by atoms with van der Waals surface area (Å²) in [5.41, 5.74) is 1.23. The molecule has 0 atom stereocenters. The number of nitrogens with zero attached hydrogens (tertiary/aromatic N) is 2. The summed E-state index contributed by atoms with van der Waals surface area (Å²) in [5.74, 6) is -0.565. The number of amides is 1. The number of aromatic hydroxyl groups is 1. The average molecular weight is 383 g/mol. The second-order valence-corrected chi connectivity index (χ2v) is 5.22. The van der Waals surface area contributed by atoms with Gasteiger partial charge < -0.3 is 15.2 Å². The van der Waals surface area contributed by atoms with Crippen molar-refractivity contribution >= 4 is 29.5 Å². The number of ether oxygens (including phenoxy) is 1. The summed E-state index contributed by atoms with van der Waals surface area (Å²) in [7, 11) is 1.39. The molecule has 0 aliphatic carbocycles. The van der Waals surface area contributed by atoms with Crippen LogP contribution in [0.2, 0.25) is 5.02 Å². The Morgan fingerprint density at radius 2 is 2.23 bits per heavy atom. The van der Waals surface area contributed by atoms with Crippen LogP contribution in [-0.4, -0.2) is 46.1 Å². The molecule has 0 unspecified atom stereocenters. The standard InChI is InChI=1S/C14H15ClN6O5/c1-26-8-3-2-7(10(15)11(8)23)6-17-19-9(22)4-5-16-12-13(24)18-14(25)21-20-12/h2-3,6,23H,4-5H2,1H3,(H,16,20)(H,19,22)(H2,18,21,24,25)/b17-6+. The molecule has 0 fully saturated rings. The van der Waals surface area contributed by atoms with E-state index in [9.17, 15) is 19.5 Å². The van der Waals surface area contributed by atoms with Crippen LogP contribution in [0, 0.1) is 0 Å². The summed E-state index contributed by atoms with van der Waals surface area (Å²) in [5, 5.41) is 21.7. The molecule has 0 radical (unpaired) electrons. The number of rotatable bonds is 7. The van der Waals surface area contributed by atoms with Crippen LogP contribution in [0.1, 0.15) is 12.0 Å². The Kier molecular flexibility index (Phi) is 6.33. The molecule has 0 aliphatic heterocycles. The molecule has 1 amide bonds. The van der Waals surface area contributed by atoms with Crippen LogP contribution < -0.4 is 26.7 Å². The Bertz CT molecular complexity index is 938. The molecule has 0 saturated carbocycles. The van der Waals surface area contributed by atoms with Gasteiger partial charge in [-0.1, -0.05) is 11.6 Å². The number of hydrogen-bond donors (Lipinski definition) is 5. The van der Waals surface area contributed by atoms with E-state index >= 15 is 0 Å². The molecule has 26 heavy (non-hydrogen) atoms. The number of benzene rings is 1. The molecule has 2 aromatic rings. The van der Waals surface area contributed by atoms with Crippen LogP contribution in [-0.2, 0) is 4.79 Å². The highest BCUT2D eigenvalue weighted by atomic mass is 35.5. The normalized spacial score (nSPS) is 10.7. The van der Waals surface area contributed by atoms with Crippen molar-refractivity contribution < 1.29 is 14.6 Å². The third-order valence-corrected chi connectivity index (χ3v) is 3.47. The maximum Gasteiger partial charge on any atom is 0.342 e. The Morgan fingerprint density at radius 1 is 1.46 bits per heavy atom. The van der Waals surface area contributed by atoms with Crippen LogP contribution in [0.5, 0.6) is 11.5 Å². The molecular weight excluding hydrogens is 368 g/mol. The minimum atomic E-state index is -0.726. The fourth-order valence-corrected chi connectivity index (χ4v) is 2.02. The van der Waals surface area contributed by atoms with Gasteiger partial charge >= 0.3 is 5.69 Å². The molecule has 1 heterocycles. The van der Waals surface area contributed by atoms with E-state index in [1.807, 2.05) is 4.98 Å². The van der Waals surface area contributed by atoms with Gasteiger partial charge in [0.1, 0.15) is 0 Å². The first-order valence-electron chi connectivity index (χ1n) is 7.22. The Morgan fingerprint density at radius 3 is 2.92 bits per heavy atom. The minimum Gasteiger partial charge on any atom is -0.503 e. The number of aromatic amines is 2. The highest BCUT2D eigenvalue weighted by Gasteiger charge is 2.10. The van der Waals surface area contributed by atoms with E-state index in [-0.39, 0.29) is 35.3 Å². The molecule has 1 aromatic heterocycles. The second-order valence-electron chi connectivity index (χ2n) is 4.85. The van der Waals surface area contributed by atoms with Gasteiger partial charge in [0.25, 0.3) is 5.56 Å². The van der Waals surface area contributed by atoms with Gasteiger partial charge in [-0.15, -0.1) is 5.10 Å². The Hall–Kier alpha value is -3.34. The number of carbonyl (C=O) groups is 1. The summed E-state index contributed by atoms with van der Waals surface area (Å²) < 4.78 is 4.91. The maximum absolute atomic E-state index is 11.7. The van der Waals surface area contributed by atoms with Gasteiger partial charge in [-0.2, -0.15) is 5.10 Å². The van der Waals surface area contributed by atoms with Crippen molar-refractivity contribution in [1.29, 1.82) is 0 Å². The van der Waals surface area contributed by atoms with Crippen LogP contribution in [0.3, 0.4) is 0 Å². The molecule has 2 rings (SSSR count). The molecule has 0 saturated heterocycles. The lowest BCUT2D eigenvalue weighted by atomic mass is 10.2. The van der Waals surface area contributed by atoms with Gasteiger partial charge in [0.2, 0.25) is 11.7 Å². The zero-order valence-electron chi connectivity index (χ0n) is 13.5. The first-order chi connectivity index (χ1) is 12.4. The quantitative estimate of drug-likeness (QED) is 0.326. The number of halogens is 1. The molecule has 5 N–H and O–H groups in total. The number of anilines is 1. The first-order valence-corrected chi connectivity index (χ1v) is 7.60. The number of hydrazone groups is 1. The number of carbonyl (C=O) groups excluding carboxylic acids is 1. The zero-order chi connectivity index (χ0) is 19.1. The molecular formula is C14H15ClN6O5. The highest BCUT2D eigenvalue weighted by Crippen LogP contribution is 2.35. The summed E-state index contributed by atoms with van der Waals surface area (Å²) in [4.78, 5) is 35.9. The summed E-state index contributed by atoms with van der Waals surface area (Å²) in [6, 6.07) is 3.06. The number of nitrogens with one attached hydrogen (secondary N) is 4. The van der Waals surface area contributed by atoms with Crippen molar-refractivity contribution in [1.82, 2.24) is 20.6 Å². The lowest BCUT2D eigenvalue weighted by Crippen LogP contribution is -2.28. The molecule has 0 bridgehead atoms. The Balaban J connectivity index is 1.85. The molecule has 1 aromatic carbocycles. The van der Waals surface area contributed by atoms with Crippen molar-refractivity contribution in [2.45, 2.75) is 6.42 Å². The smallest absolute Gasteiger partial charge is 0.342 e. The van der Waals surface area contributed by atoms with Crippen molar-refractivity contribution in [3.05, 3.63) is 43.6 Å². The largest absolute Gasteiger partial charge is 0.503 e. The molecule has 11 nitrogen and oxygen atoms in total. The monoisotopic (exact) mass is 382 g/mol. The number of hydrogen-bond acceptors (Lipinski definition) is 8. The van der Waals surface area contributed by atoms with Gasteiger partial charge in [0.05, 0.1) is 18.3 Å². The lowest BCUT2D eigenvalue weighted by Gasteiger charge is -2.06. The van der Waals surface area contributed by atoms with Crippen LogP contribution in [0.15, 0.2) is 26.8 Å². The van der Waals surface area contributed by atoms with Crippen molar-refractivity contribution in [2.24, 2.45) is 5.10 Å². The van der Waals surface area contributed by atoms with Gasteiger partial charge in [0, 0.05) is 18.5 Å². The van der Waals surface area contributed by atoms with E-state index in [2.05, 4.69) is 26.0 Å². The number of phenolic OH excluding ortho intramolecular Hbond substituents is 1. The predicted molar refractivity (Wildman–Crippen MR) is 94.0 cm³/mol. The summed E-state index contributed by atoms with van der Waals surface area (Å²) >= 11 is 5.96. The van der Waals surface area contributed by atoms with E-state index in [0.29, 0.717) is 5.56 Å². The molecule has 12 heteroatoms. The van der Waals surface area contributed by atoms with Crippen molar-refractivity contribution in [3.63, 3.8) is 0 Å². The third kappa shape index (κ3) is 4.83. The predicted octanol–water partition coefficient (Wildman–Crippen LogP) is -0.222. The number of phenols is 1. The molecule has 0 spiro atoms. The number of H-pyrrole nitrogens is 2. The van der Waals surface area contributed by atoms with E-state index in [1.165, 1.54) is 19.4 Å². The minimum absolute atomic E-state index is 0.0147. The van der Waals surface area contributed by atoms with Crippen LogP contribution >= 0.6 is 11.6 Å². The van der Waals surface area contributed by atoms with Crippen molar-refractivity contribution in [2.75, 3.05) is 19.0 Å². The van der Waals surface area contributed by atoms with Gasteiger partial charge in [-0.25, -0.2) is 15.3 Å². The van der Waals surface area contributed by atoms with Gasteiger partial charge in [-0.05, 0) is 12.1 Å². The van der Waals surface area contributed by atoms with Gasteiger partial charge in [-0.3, -0.25) is 14.6 Å². The third-order valence-electron chi connectivity index (χ3n) is 3.08. The highest BCUT2D eigenvalue weighted by molar-refractivity contribution is 6.34. The topological polar surface area (TPSA) is 162 Å². The zero-order valence-corrected chi connectivity index (χ0v) is 14.3. The summed E-state index contributed by atoms with van der Waals surface area (Å²) in [6.45, 7) is 0.0908. The first kappa shape index (κ1) is 19.0. The number of methoxy groups -OCH3 is 1. The van der Waals surface area contributed by atoms with Crippen molar-refractivity contribution in [3.8, 4) is 11.5 Å². The van der Waals surface area contributed by atoms with Crippen LogP contribution in [0.4, 0.5) is 5.82 Å². The van der Waals surface area contributed by atoms with E-state index in [1.54, 1.807) is 6.07 Å². The SMILES string of the molecule is COc1ccc(/C=N/NC(=O)CCNc2n[nH]c(=O)[nH]c2=O)c(Cl)c1O. The summed E-state index contributed by atoms with van der Waals surface area (Å²) in [6.07, 6.45) is 1.25. The van der Waals surface area contributed by atoms with E-state index < -0.39 is 17.2 Å². The lowest BCUT2D eigenvalue weighted by molar-refractivity contribution is -0.120. The van der Waals surface area contributed by atoms with E-state index in [0.717, 1.165) is 0 Å². The second kappa shape index (κ2) is 8.67. The van der Waals surface area contributed by atoms with Gasteiger partial charge in [0.15, 0.2) is 11.5 Å². The number of aromatic nitrogens is 3. The average Bonchev–Trinajstić information content (AvgIpc) is 2.60.